The Hall–Kier alpha value is -4.25. The summed E-state index contributed by atoms with van der Waals surface area (Å²) in [5, 5.41) is 5.76. The molecular weight excluding hydrogens is 403 g/mol. The van der Waals surface area contributed by atoms with E-state index < -0.39 is 5.82 Å². The first-order valence-electron chi connectivity index (χ1n) is 10.3. The summed E-state index contributed by atoms with van der Waals surface area (Å²) in [6, 6.07) is 26.8. The van der Waals surface area contributed by atoms with Crippen LogP contribution < -0.4 is 10.6 Å². The van der Waals surface area contributed by atoms with Crippen LogP contribution in [0.1, 0.15) is 26.3 Å². The van der Waals surface area contributed by atoms with Gasteiger partial charge in [0.15, 0.2) is 0 Å². The third kappa shape index (κ3) is 3.65. The first-order valence-corrected chi connectivity index (χ1v) is 10.3. The molecule has 1 aliphatic heterocycles. The molecule has 0 spiro atoms. The molecule has 2 amide bonds. The van der Waals surface area contributed by atoms with Gasteiger partial charge in [0, 0.05) is 17.8 Å². The zero-order valence-corrected chi connectivity index (χ0v) is 17.1. The van der Waals surface area contributed by atoms with Crippen molar-refractivity contribution in [2.75, 3.05) is 5.32 Å². The normalized spacial score (nSPS) is 12.2. The van der Waals surface area contributed by atoms with Gasteiger partial charge in [0.1, 0.15) is 5.82 Å². The van der Waals surface area contributed by atoms with Crippen LogP contribution in [-0.4, -0.2) is 11.8 Å². The minimum Gasteiger partial charge on any atom is -0.348 e. The van der Waals surface area contributed by atoms with E-state index in [2.05, 4.69) is 10.6 Å². The van der Waals surface area contributed by atoms with Crippen molar-refractivity contribution in [3.8, 4) is 22.3 Å². The fourth-order valence-electron chi connectivity index (χ4n) is 4.07. The third-order valence-electron chi connectivity index (χ3n) is 5.57. The number of carbonyl (C=O) groups excluding carboxylic acids is 2. The number of carbonyl (C=O) groups is 2. The highest BCUT2D eigenvalue weighted by Crippen LogP contribution is 2.36. The second-order valence-electron chi connectivity index (χ2n) is 7.61. The van der Waals surface area contributed by atoms with Crippen molar-refractivity contribution in [1.82, 2.24) is 5.32 Å². The number of amides is 2. The molecule has 0 saturated carbocycles. The average Bonchev–Trinajstić information content (AvgIpc) is 3.21. The van der Waals surface area contributed by atoms with Gasteiger partial charge in [-0.25, -0.2) is 4.39 Å². The Bertz CT molecular complexity index is 1350. The number of fused-ring (bicyclic) bond motifs is 1. The van der Waals surface area contributed by atoms with Gasteiger partial charge in [0.25, 0.3) is 11.8 Å². The lowest BCUT2D eigenvalue weighted by molar-refractivity contribution is 0.0965. The molecule has 0 unspecified atom stereocenters. The van der Waals surface area contributed by atoms with Gasteiger partial charge in [-0.3, -0.25) is 9.59 Å². The first kappa shape index (κ1) is 19.7. The molecule has 1 heterocycles. The fourth-order valence-corrected chi connectivity index (χ4v) is 4.07. The number of nitrogens with one attached hydrogen (secondary N) is 2. The Balaban J connectivity index is 1.51. The summed E-state index contributed by atoms with van der Waals surface area (Å²) in [6.45, 7) is 0.448. The highest BCUT2D eigenvalue weighted by molar-refractivity contribution is 6.07. The topological polar surface area (TPSA) is 58.2 Å². The molecule has 0 radical (unpaired) electrons. The van der Waals surface area contributed by atoms with Gasteiger partial charge in [0.05, 0.1) is 5.56 Å². The quantitative estimate of drug-likeness (QED) is 0.446. The van der Waals surface area contributed by atoms with E-state index in [9.17, 15) is 14.0 Å². The van der Waals surface area contributed by atoms with Crippen molar-refractivity contribution in [1.29, 1.82) is 0 Å². The molecule has 0 aliphatic carbocycles. The number of benzene rings is 4. The molecule has 4 aromatic rings. The molecule has 0 fully saturated rings. The van der Waals surface area contributed by atoms with E-state index >= 15 is 0 Å². The maximum atomic E-state index is 13.5. The number of halogens is 1. The van der Waals surface area contributed by atoms with Gasteiger partial charge >= 0.3 is 0 Å². The van der Waals surface area contributed by atoms with Gasteiger partial charge in [-0.05, 0) is 58.1 Å². The summed E-state index contributed by atoms with van der Waals surface area (Å²) in [6.07, 6.45) is 0. The van der Waals surface area contributed by atoms with Crippen molar-refractivity contribution >= 4 is 17.5 Å². The van der Waals surface area contributed by atoms with Gasteiger partial charge in [-0.2, -0.15) is 0 Å². The Morgan fingerprint density at radius 1 is 0.812 bits per heavy atom. The summed E-state index contributed by atoms with van der Waals surface area (Å²) in [5.41, 5.74) is 6.16. The molecule has 32 heavy (non-hydrogen) atoms. The van der Waals surface area contributed by atoms with Crippen molar-refractivity contribution < 1.29 is 14.0 Å². The molecule has 2 N–H and O–H groups in total. The SMILES string of the molecule is O=C(Nc1cccc(-c2ccc(-c3ccccc3)c3c2CNC3=O)c1)c1cccc(F)c1. The standard InChI is InChI=1S/C27H19FN2O2/c28-20-10-4-9-19(14-20)26(31)30-21-11-5-8-18(15-21)22-12-13-23(17-6-2-1-3-7-17)25-24(22)16-29-27(25)32/h1-15H,16H2,(H,29,32)(H,30,31). The predicted molar refractivity (Wildman–Crippen MR) is 123 cm³/mol. The van der Waals surface area contributed by atoms with Gasteiger partial charge in [-0.1, -0.05) is 60.7 Å². The van der Waals surface area contributed by atoms with Crippen molar-refractivity contribution in [2.24, 2.45) is 0 Å². The zero-order valence-electron chi connectivity index (χ0n) is 17.1. The van der Waals surface area contributed by atoms with Crippen LogP contribution in [0.15, 0.2) is 91.0 Å². The van der Waals surface area contributed by atoms with Crippen LogP contribution in [0.5, 0.6) is 0 Å². The maximum absolute atomic E-state index is 13.5. The van der Waals surface area contributed by atoms with Crippen LogP contribution in [0.3, 0.4) is 0 Å². The number of anilines is 1. The van der Waals surface area contributed by atoms with Crippen molar-refractivity contribution in [3.63, 3.8) is 0 Å². The molecule has 0 aromatic heterocycles. The van der Waals surface area contributed by atoms with Crippen LogP contribution in [-0.2, 0) is 6.54 Å². The second-order valence-corrected chi connectivity index (χ2v) is 7.61. The van der Waals surface area contributed by atoms with Crippen LogP contribution >= 0.6 is 0 Å². The maximum Gasteiger partial charge on any atom is 0.255 e. The molecule has 4 nitrogen and oxygen atoms in total. The molecule has 156 valence electrons. The summed E-state index contributed by atoms with van der Waals surface area (Å²) in [5.74, 6) is -0.933. The fraction of sp³-hybridized carbons (Fsp3) is 0.0370. The predicted octanol–water partition coefficient (Wildman–Crippen LogP) is 5.66. The second kappa shape index (κ2) is 8.12. The summed E-state index contributed by atoms with van der Waals surface area (Å²) >= 11 is 0. The Morgan fingerprint density at radius 2 is 1.56 bits per heavy atom. The van der Waals surface area contributed by atoms with E-state index in [0.717, 1.165) is 27.8 Å². The summed E-state index contributed by atoms with van der Waals surface area (Å²) in [4.78, 5) is 25.2. The highest BCUT2D eigenvalue weighted by atomic mass is 19.1. The lowest BCUT2D eigenvalue weighted by Crippen LogP contribution is -2.13. The number of rotatable bonds is 4. The highest BCUT2D eigenvalue weighted by Gasteiger charge is 2.26. The van der Waals surface area contributed by atoms with Crippen LogP contribution in [0.2, 0.25) is 0 Å². The molecular formula is C27H19FN2O2. The van der Waals surface area contributed by atoms with Gasteiger partial charge in [-0.15, -0.1) is 0 Å². The molecule has 5 heteroatoms. The summed E-state index contributed by atoms with van der Waals surface area (Å²) in [7, 11) is 0. The van der Waals surface area contributed by atoms with E-state index in [1.54, 1.807) is 12.1 Å². The van der Waals surface area contributed by atoms with E-state index in [0.29, 0.717) is 17.8 Å². The van der Waals surface area contributed by atoms with Gasteiger partial charge < -0.3 is 10.6 Å². The molecule has 1 aliphatic rings. The molecule has 5 rings (SSSR count). The minimum absolute atomic E-state index is 0.0868. The monoisotopic (exact) mass is 422 g/mol. The molecule has 4 aromatic carbocycles. The largest absolute Gasteiger partial charge is 0.348 e. The van der Waals surface area contributed by atoms with E-state index in [-0.39, 0.29) is 17.4 Å². The zero-order chi connectivity index (χ0) is 22.1. The lowest BCUT2D eigenvalue weighted by Gasteiger charge is -2.13. The average molecular weight is 422 g/mol. The number of hydrogen-bond acceptors (Lipinski definition) is 2. The first-order chi connectivity index (χ1) is 15.6. The van der Waals surface area contributed by atoms with E-state index in [1.807, 2.05) is 60.7 Å². The van der Waals surface area contributed by atoms with E-state index in [1.165, 1.54) is 18.2 Å². The number of hydrogen-bond donors (Lipinski definition) is 2. The van der Waals surface area contributed by atoms with E-state index in [4.69, 9.17) is 0 Å². The third-order valence-corrected chi connectivity index (χ3v) is 5.57. The van der Waals surface area contributed by atoms with Crippen molar-refractivity contribution in [2.45, 2.75) is 6.54 Å². The minimum atomic E-state index is -0.461. The molecule has 0 atom stereocenters. The van der Waals surface area contributed by atoms with Crippen molar-refractivity contribution in [3.05, 3.63) is 114 Å². The molecule has 0 bridgehead atoms. The van der Waals surface area contributed by atoms with Crippen LogP contribution in [0.4, 0.5) is 10.1 Å². The lowest BCUT2D eigenvalue weighted by atomic mass is 9.90. The van der Waals surface area contributed by atoms with Crippen LogP contribution in [0, 0.1) is 5.82 Å². The summed E-state index contributed by atoms with van der Waals surface area (Å²) < 4.78 is 13.5. The Kier molecular flexibility index (Phi) is 5.00. The van der Waals surface area contributed by atoms with Crippen LogP contribution in [0.25, 0.3) is 22.3 Å². The smallest absolute Gasteiger partial charge is 0.255 e. The Morgan fingerprint density at radius 3 is 2.38 bits per heavy atom. The Labute approximate surface area is 184 Å². The molecule has 0 saturated heterocycles. The van der Waals surface area contributed by atoms with Gasteiger partial charge in [0.2, 0.25) is 0 Å².